The van der Waals surface area contributed by atoms with Crippen LogP contribution in [0.15, 0.2) is 24.3 Å². The lowest BCUT2D eigenvalue weighted by Gasteiger charge is -1.98. The van der Waals surface area contributed by atoms with Gasteiger partial charge in [0, 0.05) is 0 Å². The van der Waals surface area contributed by atoms with E-state index in [0.717, 1.165) is 5.56 Å². The van der Waals surface area contributed by atoms with E-state index in [-0.39, 0.29) is 6.42 Å². The van der Waals surface area contributed by atoms with Gasteiger partial charge in [-0.1, -0.05) is 24.3 Å². The molecule has 12 heavy (non-hydrogen) atoms. The molecule has 0 bridgehead atoms. The fraction of sp³-hybridized carbons (Fsp3) is 0.222. The van der Waals surface area contributed by atoms with E-state index in [9.17, 15) is 9.18 Å². The highest BCUT2D eigenvalue weighted by atomic mass is 19.1. The molecule has 0 radical (unpaired) electrons. The molecule has 3 heteroatoms. The van der Waals surface area contributed by atoms with Crippen molar-refractivity contribution in [2.45, 2.75) is 13.1 Å². The predicted octanol–water partition coefficient (Wildman–Crippen LogP) is 1.18. The Morgan fingerprint density at radius 3 is 2.67 bits per heavy atom. The highest BCUT2D eigenvalue weighted by molar-refractivity contribution is 5.76. The lowest BCUT2D eigenvalue weighted by Crippen LogP contribution is -2.13. The molecule has 0 atom stereocenters. The fourth-order valence-electron chi connectivity index (χ4n) is 1.02. The number of halogens is 1. The number of carbonyl (C=O) groups is 1. The van der Waals surface area contributed by atoms with Gasteiger partial charge in [-0.2, -0.15) is 0 Å². The Hall–Kier alpha value is -1.38. The maximum atomic E-state index is 12.1. The van der Waals surface area contributed by atoms with Crippen molar-refractivity contribution in [2.75, 3.05) is 0 Å². The third-order valence-electron chi connectivity index (χ3n) is 1.52. The molecule has 1 amide bonds. The number of hydrogen-bond donors (Lipinski definition) is 1. The molecule has 0 saturated heterocycles. The fourth-order valence-corrected chi connectivity index (χ4v) is 1.02. The summed E-state index contributed by atoms with van der Waals surface area (Å²) in [5.74, 6) is -0.397. The summed E-state index contributed by atoms with van der Waals surface area (Å²) >= 11 is 0. The minimum atomic E-state index is -0.507. The molecule has 1 rings (SSSR count). The molecular weight excluding hydrogens is 157 g/mol. The highest BCUT2D eigenvalue weighted by Crippen LogP contribution is 2.06. The summed E-state index contributed by atoms with van der Waals surface area (Å²) in [4.78, 5) is 10.5. The zero-order chi connectivity index (χ0) is 8.97. The molecule has 0 heterocycles. The number of nitrogens with two attached hydrogens (primary N) is 1. The van der Waals surface area contributed by atoms with Gasteiger partial charge in [0.15, 0.2) is 0 Å². The van der Waals surface area contributed by atoms with Crippen molar-refractivity contribution >= 4 is 5.91 Å². The average Bonchev–Trinajstić information content (AvgIpc) is 2.03. The summed E-state index contributed by atoms with van der Waals surface area (Å²) in [5.41, 5.74) is 6.32. The molecule has 0 unspecified atom stereocenters. The van der Waals surface area contributed by atoms with Crippen LogP contribution in [0.4, 0.5) is 4.39 Å². The second kappa shape index (κ2) is 3.85. The van der Waals surface area contributed by atoms with Crippen molar-refractivity contribution < 1.29 is 9.18 Å². The van der Waals surface area contributed by atoms with Crippen LogP contribution >= 0.6 is 0 Å². The Labute approximate surface area is 70.2 Å². The number of rotatable bonds is 3. The van der Waals surface area contributed by atoms with Crippen LogP contribution in [0.1, 0.15) is 11.1 Å². The quantitative estimate of drug-likeness (QED) is 0.721. The van der Waals surface area contributed by atoms with E-state index in [0.29, 0.717) is 5.56 Å². The monoisotopic (exact) mass is 167 g/mol. The summed E-state index contributed by atoms with van der Waals surface area (Å²) in [6, 6.07) is 6.78. The minimum absolute atomic E-state index is 0.174. The van der Waals surface area contributed by atoms with Crippen molar-refractivity contribution in [1.29, 1.82) is 0 Å². The van der Waals surface area contributed by atoms with E-state index in [4.69, 9.17) is 5.73 Å². The van der Waals surface area contributed by atoms with Crippen molar-refractivity contribution in [1.82, 2.24) is 0 Å². The third kappa shape index (κ3) is 2.34. The summed E-state index contributed by atoms with van der Waals surface area (Å²) in [6.07, 6.45) is 0.174. The molecule has 64 valence electrons. The van der Waals surface area contributed by atoms with Crippen molar-refractivity contribution in [3.63, 3.8) is 0 Å². The van der Waals surface area contributed by atoms with E-state index < -0.39 is 12.6 Å². The molecular formula is C9H10FNO. The van der Waals surface area contributed by atoms with Gasteiger partial charge in [0.2, 0.25) is 5.91 Å². The Bertz CT molecular complexity index is 286. The Kier molecular flexibility index (Phi) is 2.80. The molecule has 1 aromatic carbocycles. The van der Waals surface area contributed by atoms with E-state index in [2.05, 4.69) is 0 Å². The summed E-state index contributed by atoms with van der Waals surface area (Å²) in [5, 5.41) is 0. The van der Waals surface area contributed by atoms with Crippen LogP contribution in [-0.4, -0.2) is 5.91 Å². The van der Waals surface area contributed by atoms with Gasteiger partial charge in [-0.25, -0.2) is 4.39 Å². The first kappa shape index (κ1) is 8.71. The van der Waals surface area contributed by atoms with Crippen molar-refractivity contribution in [3.8, 4) is 0 Å². The summed E-state index contributed by atoms with van der Waals surface area (Å²) < 4.78 is 12.1. The molecule has 0 aromatic heterocycles. The van der Waals surface area contributed by atoms with Crippen molar-refractivity contribution in [3.05, 3.63) is 35.4 Å². The van der Waals surface area contributed by atoms with E-state index in [1.54, 1.807) is 24.3 Å². The zero-order valence-corrected chi connectivity index (χ0v) is 6.59. The molecule has 2 nitrogen and oxygen atoms in total. The lowest BCUT2D eigenvalue weighted by molar-refractivity contribution is -0.117. The van der Waals surface area contributed by atoms with Crippen LogP contribution in [0, 0.1) is 0 Å². The normalized spacial score (nSPS) is 9.75. The number of amides is 1. The van der Waals surface area contributed by atoms with Crippen LogP contribution in [0.5, 0.6) is 0 Å². The second-order valence-corrected chi connectivity index (χ2v) is 2.60. The summed E-state index contributed by atoms with van der Waals surface area (Å²) in [7, 11) is 0. The Morgan fingerprint density at radius 2 is 2.08 bits per heavy atom. The van der Waals surface area contributed by atoms with Gasteiger partial charge in [0.05, 0.1) is 6.42 Å². The number of primary amides is 1. The average molecular weight is 167 g/mol. The topological polar surface area (TPSA) is 43.1 Å². The molecule has 1 aromatic rings. The maximum absolute atomic E-state index is 12.1. The molecule has 0 fully saturated rings. The smallest absolute Gasteiger partial charge is 0.221 e. The number of carbonyl (C=O) groups excluding carboxylic acids is 1. The Morgan fingerprint density at radius 1 is 1.42 bits per heavy atom. The number of benzene rings is 1. The van der Waals surface area contributed by atoms with Crippen LogP contribution in [0.25, 0.3) is 0 Å². The van der Waals surface area contributed by atoms with Gasteiger partial charge in [0.25, 0.3) is 0 Å². The van der Waals surface area contributed by atoms with Gasteiger partial charge >= 0.3 is 0 Å². The summed E-state index contributed by atoms with van der Waals surface area (Å²) in [6.45, 7) is -0.507. The largest absolute Gasteiger partial charge is 0.369 e. The lowest BCUT2D eigenvalue weighted by atomic mass is 10.1. The molecule has 0 saturated carbocycles. The first-order valence-corrected chi connectivity index (χ1v) is 3.64. The van der Waals surface area contributed by atoms with Gasteiger partial charge in [-0.3, -0.25) is 4.79 Å². The molecule has 0 aliphatic carbocycles. The van der Waals surface area contributed by atoms with Gasteiger partial charge in [-0.15, -0.1) is 0 Å². The van der Waals surface area contributed by atoms with Crippen LogP contribution in [0.3, 0.4) is 0 Å². The molecule has 0 spiro atoms. The predicted molar refractivity (Wildman–Crippen MR) is 44.2 cm³/mol. The van der Waals surface area contributed by atoms with Crippen molar-refractivity contribution in [2.24, 2.45) is 5.73 Å². The standard InChI is InChI=1S/C9H10FNO/c10-6-8-3-1-2-7(4-8)5-9(11)12/h1-4H,5-6H2,(H2,11,12). The van der Waals surface area contributed by atoms with E-state index in [1.807, 2.05) is 0 Å². The highest BCUT2D eigenvalue weighted by Gasteiger charge is 1.98. The van der Waals surface area contributed by atoms with Gasteiger partial charge in [-0.05, 0) is 11.1 Å². The first-order chi connectivity index (χ1) is 5.72. The van der Waals surface area contributed by atoms with Crippen LogP contribution in [-0.2, 0) is 17.9 Å². The number of hydrogen-bond acceptors (Lipinski definition) is 1. The van der Waals surface area contributed by atoms with E-state index in [1.165, 1.54) is 0 Å². The third-order valence-corrected chi connectivity index (χ3v) is 1.52. The molecule has 0 aliphatic rings. The molecule has 0 aliphatic heterocycles. The van der Waals surface area contributed by atoms with E-state index >= 15 is 0 Å². The van der Waals surface area contributed by atoms with Gasteiger partial charge in [0.1, 0.15) is 6.67 Å². The SMILES string of the molecule is NC(=O)Cc1cccc(CF)c1. The van der Waals surface area contributed by atoms with Gasteiger partial charge < -0.3 is 5.73 Å². The maximum Gasteiger partial charge on any atom is 0.221 e. The zero-order valence-electron chi connectivity index (χ0n) is 6.59. The second-order valence-electron chi connectivity index (χ2n) is 2.60. The molecule has 2 N–H and O–H groups in total. The van der Waals surface area contributed by atoms with Crippen LogP contribution < -0.4 is 5.73 Å². The minimum Gasteiger partial charge on any atom is -0.369 e. The number of alkyl halides is 1. The van der Waals surface area contributed by atoms with Crippen LogP contribution in [0.2, 0.25) is 0 Å². The Balaban J connectivity index is 2.79. The first-order valence-electron chi connectivity index (χ1n) is 3.64.